The monoisotopic (exact) mass is 293 g/mol. The van der Waals surface area contributed by atoms with Crippen LogP contribution >= 0.6 is 15.9 Å². The quantitative estimate of drug-likeness (QED) is 0.866. The third-order valence-corrected chi connectivity index (χ3v) is 2.74. The van der Waals surface area contributed by atoms with E-state index in [1.165, 1.54) is 0 Å². The summed E-state index contributed by atoms with van der Waals surface area (Å²) in [6.45, 7) is 3.68. The number of pyridine rings is 2. The van der Waals surface area contributed by atoms with Crippen molar-refractivity contribution in [1.29, 1.82) is 0 Å². The largest absolute Gasteiger partial charge is 0.310 e. The van der Waals surface area contributed by atoms with Gasteiger partial charge in [-0.25, -0.2) is 9.97 Å². The van der Waals surface area contributed by atoms with Gasteiger partial charge in [0.1, 0.15) is 10.4 Å². The van der Waals surface area contributed by atoms with E-state index in [1.54, 1.807) is 6.07 Å². The van der Waals surface area contributed by atoms with Gasteiger partial charge >= 0.3 is 0 Å². The van der Waals surface area contributed by atoms with Crippen molar-refractivity contribution in [2.45, 2.75) is 13.8 Å². The number of anilines is 1. The number of hydrogen-bond acceptors (Lipinski definition) is 3. The molecule has 2 aromatic heterocycles. The number of carbonyl (C=O) groups is 1. The standard InChI is InChI=1S/C12H12BrN3O/c1-7(2)12(17)16-10-6-4-8-3-5-9(13)14-11(8)15-10/h3-7H,1-2H3,(H,14,15,16,17). The molecule has 0 aromatic carbocycles. The normalized spacial score (nSPS) is 10.8. The van der Waals surface area contributed by atoms with Crippen molar-refractivity contribution in [3.05, 3.63) is 28.9 Å². The zero-order valence-electron chi connectivity index (χ0n) is 9.57. The van der Waals surface area contributed by atoms with Gasteiger partial charge in [-0.1, -0.05) is 13.8 Å². The molecule has 0 saturated carbocycles. The highest BCUT2D eigenvalue weighted by Crippen LogP contribution is 2.16. The molecular formula is C12H12BrN3O. The van der Waals surface area contributed by atoms with E-state index in [2.05, 4.69) is 31.2 Å². The Labute approximate surface area is 108 Å². The van der Waals surface area contributed by atoms with Crippen LogP contribution in [-0.2, 0) is 4.79 Å². The lowest BCUT2D eigenvalue weighted by molar-refractivity contribution is -0.118. The summed E-state index contributed by atoms with van der Waals surface area (Å²) in [4.78, 5) is 20.1. The van der Waals surface area contributed by atoms with Crippen LogP contribution < -0.4 is 5.32 Å². The fourth-order valence-corrected chi connectivity index (χ4v) is 1.62. The van der Waals surface area contributed by atoms with E-state index >= 15 is 0 Å². The van der Waals surface area contributed by atoms with Gasteiger partial charge in [0.2, 0.25) is 5.91 Å². The summed E-state index contributed by atoms with van der Waals surface area (Å²) < 4.78 is 0.727. The van der Waals surface area contributed by atoms with Crippen LogP contribution in [0.25, 0.3) is 11.0 Å². The molecule has 4 nitrogen and oxygen atoms in total. The van der Waals surface area contributed by atoms with E-state index in [-0.39, 0.29) is 11.8 Å². The summed E-state index contributed by atoms with van der Waals surface area (Å²) in [5.74, 6) is 0.414. The lowest BCUT2D eigenvalue weighted by Gasteiger charge is -2.07. The number of carbonyl (C=O) groups excluding carboxylic acids is 1. The third-order valence-electron chi connectivity index (χ3n) is 2.29. The van der Waals surface area contributed by atoms with Crippen molar-refractivity contribution in [1.82, 2.24) is 9.97 Å². The zero-order chi connectivity index (χ0) is 12.4. The molecule has 1 amide bonds. The second kappa shape index (κ2) is 4.79. The fourth-order valence-electron chi connectivity index (χ4n) is 1.32. The molecule has 88 valence electrons. The summed E-state index contributed by atoms with van der Waals surface area (Å²) in [5.41, 5.74) is 0.612. The van der Waals surface area contributed by atoms with Gasteiger partial charge < -0.3 is 5.32 Å². The number of amides is 1. The van der Waals surface area contributed by atoms with Crippen LogP contribution in [0.15, 0.2) is 28.9 Å². The SMILES string of the molecule is CC(C)C(=O)Nc1ccc2ccc(Br)nc2n1. The first-order valence-corrected chi connectivity index (χ1v) is 6.10. The fraction of sp³-hybridized carbons (Fsp3) is 0.250. The van der Waals surface area contributed by atoms with Crippen LogP contribution in [0, 0.1) is 5.92 Å². The molecule has 0 bridgehead atoms. The molecule has 2 aromatic rings. The zero-order valence-corrected chi connectivity index (χ0v) is 11.2. The van der Waals surface area contributed by atoms with Gasteiger partial charge in [-0.3, -0.25) is 4.79 Å². The van der Waals surface area contributed by atoms with Crippen LogP contribution in [-0.4, -0.2) is 15.9 Å². The number of rotatable bonds is 2. The molecule has 2 heterocycles. The van der Waals surface area contributed by atoms with E-state index in [1.807, 2.05) is 32.0 Å². The summed E-state index contributed by atoms with van der Waals surface area (Å²) >= 11 is 3.29. The highest BCUT2D eigenvalue weighted by Gasteiger charge is 2.08. The Balaban J connectivity index is 2.34. The first-order chi connectivity index (χ1) is 8.06. The molecule has 2 rings (SSSR count). The molecule has 17 heavy (non-hydrogen) atoms. The van der Waals surface area contributed by atoms with Gasteiger partial charge in [-0.05, 0) is 40.2 Å². The number of nitrogens with zero attached hydrogens (tertiary/aromatic N) is 2. The van der Waals surface area contributed by atoms with Crippen LogP contribution in [0.5, 0.6) is 0 Å². The van der Waals surface area contributed by atoms with Crippen LogP contribution in [0.1, 0.15) is 13.8 Å². The topological polar surface area (TPSA) is 54.9 Å². The van der Waals surface area contributed by atoms with Crippen LogP contribution in [0.3, 0.4) is 0 Å². The maximum atomic E-state index is 11.5. The average molecular weight is 294 g/mol. The molecule has 5 heteroatoms. The smallest absolute Gasteiger partial charge is 0.228 e. The molecular weight excluding hydrogens is 282 g/mol. The number of fused-ring (bicyclic) bond motifs is 1. The van der Waals surface area contributed by atoms with Crippen molar-refractivity contribution in [3.63, 3.8) is 0 Å². The van der Waals surface area contributed by atoms with Crippen molar-refractivity contribution in [3.8, 4) is 0 Å². The molecule has 0 saturated heterocycles. The predicted molar refractivity (Wildman–Crippen MR) is 70.7 cm³/mol. The number of hydrogen-bond donors (Lipinski definition) is 1. The minimum absolute atomic E-state index is 0.0492. The first kappa shape index (κ1) is 12.0. The van der Waals surface area contributed by atoms with E-state index in [9.17, 15) is 4.79 Å². The van der Waals surface area contributed by atoms with E-state index in [4.69, 9.17) is 0 Å². The van der Waals surface area contributed by atoms with Gasteiger partial charge in [-0.2, -0.15) is 0 Å². The predicted octanol–water partition coefficient (Wildman–Crippen LogP) is 2.99. The maximum Gasteiger partial charge on any atom is 0.228 e. The van der Waals surface area contributed by atoms with Crippen molar-refractivity contribution >= 4 is 38.7 Å². The molecule has 0 atom stereocenters. The van der Waals surface area contributed by atoms with Crippen LogP contribution in [0.4, 0.5) is 5.82 Å². The average Bonchev–Trinajstić information content (AvgIpc) is 2.28. The molecule has 0 aliphatic carbocycles. The minimum atomic E-state index is -0.0667. The third kappa shape index (κ3) is 2.79. The molecule has 0 unspecified atom stereocenters. The summed E-state index contributed by atoms with van der Waals surface area (Å²) in [6, 6.07) is 7.44. The summed E-state index contributed by atoms with van der Waals surface area (Å²) in [6.07, 6.45) is 0. The molecule has 0 radical (unpaired) electrons. The molecule has 0 aliphatic rings. The van der Waals surface area contributed by atoms with Gasteiger partial charge in [0.25, 0.3) is 0 Å². The van der Waals surface area contributed by atoms with E-state index in [0.29, 0.717) is 11.5 Å². The Bertz CT molecular complexity index is 569. The summed E-state index contributed by atoms with van der Waals surface area (Å²) in [5, 5.41) is 3.69. The number of nitrogens with one attached hydrogen (secondary N) is 1. The second-order valence-corrected chi connectivity index (χ2v) is 4.83. The van der Waals surface area contributed by atoms with Crippen LogP contribution in [0.2, 0.25) is 0 Å². The Hall–Kier alpha value is -1.49. The Kier molecular flexibility index (Phi) is 3.38. The number of halogens is 1. The van der Waals surface area contributed by atoms with Crippen molar-refractivity contribution < 1.29 is 4.79 Å². The van der Waals surface area contributed by atoms with Crippen molar-refractivity contribution in [2.75, 3.05) is 5.32 Å². The summed E-state index contributed by atoms with van der Waals surface area (Å²) in [7, 11) is 0. The first-order valence-electron chi connectivity index (χ1n) is 5.30. The van der Waals surface area contributed by atoms with Gasteiger partial charge in [0, 0.05) is 11.3 Å². The molecule has 0 spiro atoms. The van der Waals surface area contributed by atoms with E-state index in [0.717, 1.165) is 9.99 Å². The highest BCUT2D eigenvalue weighted by molar-refractivity contribution is 9.10. The lowest BCUT2D eigenvalue weighted by Crippen LogP contribution is -2.18. The second-order valence-electron chi connectivity index (χ2n) is 4.02. The van der Waals surface area contributed by atoms with Gasteiger partial charge in [0.15, 0.2) is 5.65 Å². The Morgan fingerprint density at radius 3 is 2.65 bits per heavy atom. The Morgan fingerprint density at radius 1 is 1.24 bits per heavy atom. The maximum absolute atomic E-state index is 11.5. The van der Waals surface area contributed by atoms with E-state index < -0.39 is 0 Å². The molecule has 1 N–H and O–H groups in total. The van der Waals surface area contributed by atoms with Crippen molar-refractivity contribution in [2.24, 2.45) is 5.92 Å². The Morgan fingerprint density at radius 2 is 1.94 bits per heavy atom. The lowest BCUT2D eigenvalue weighted by atomic mass is 10.2. The molecule has 0 aliphatic heterocycles. The minimum Gasteiger partial charge on any atom is -0.310 e. The highest BCUT2D eigenvalue weighted by atomic mass is 79.9. The van der Waals surface area contributed by atoms with Gasteiger partial charge in [0.05, 0.1) is 0 Å². The molecule has 0 fully saturated rings. The van der Waals surface area contributed by atoms with Gasteiger partial charge in [-0.15, -0.1) is 0 Å². The number of aromatic nitrogens is 2.